The molecule has 2 aromatic carbocycles. The van der Waals surface area contributed by atoms with Crippen molar-refractivity contribution in [3.05, 3.63) is 69.3 Å². The molecule has 1 aliphatic rings. The molecule has 10 heteroatoms. The molecule has 0 amide bonds. The van der Waals surface area contributed by atoms with Crippen LogP contribution < -0.4 is 10.1 Å². The second kappa shape index (κ2) is 8.36. The van der Waals surface area contributed by atoms with Gasteiger partial charge in [-0.2, -0.15) is 23.1 Å². The minimum atomic E-state index is -4.41. The first kappa shape index (κ1) is 21.4. The van der Waals surface area contributed by atoms with E-state index in [1.807, 2.05) is 0 Å². The number of hydrogen-bond acceptors (Lipinski definition) is 5. The Balaban J connectivity index is 1.64. The summed E-state index contributed by atoms with van der Waals surface area (Å²) in [5, 5.41) is 4.09. The van der Waals surface area contributed by atoms with Gasteiger partial charge in [0, 0.05) is 34.3 Å². The van der Waals surface area contributed by atoms with Gasteiger partial charge in [0.2, 0.25) is 0 Å². The van der Waals surface area contributed by atoms with Crippen LogP contribution in [0.2, 0.25) is 10.0 Å². The number of anilines is 2. The highest BCUT2D eigenvalue weighted by molar-refractivity contribution is 6.36. The first-order chi connectivity index (χ1) is 14.7. The Bertz CT molecular complexity index is 1140. The van der Waals surface area contributed by atoms with Gasteiger partial charge in [-0.25, -0.2) is 0 Å². The van der Waals surface area contributed by atoms with Crippen LogP contribution in [0.5, 0.6) is 6.01 Å². The normalized spacial score (nSPS) is 13.0. The molecule has 1 aliphatic heterocycles. The molecule has 1 N–H and O–H groups in total. The van der Waals surface area contributed by atoms with Gasteiger partial charge in [-0.1, -0.05) is 29.3 Å². The molecule has 0 unspecified atom stereocenters. The number of methoxy groups -OCH3 is 1. The molecule has 0 saturated heterocycles. The van der Waals surface area contributed by atoms with Crippen LogP contribution in [-0.2, 0) is 19.0 Å². The molecule has 4 rings (SSSR count). The molecule has 0 fully saturated rings. The highest BCUT2D eigenvalue weighted by Gasteiger charge is 2.30. The molecule has 31 heavy (non-hydrogen) atoms. The van der Waals surface area contributed by atoms with Crippen LogP contribution in [0, 0.1) is 0 Å². The highest BCUT2D eigenvalue weighted by atomic mass is 35.5. The van der Waals surface area contributed by atoms with Crippen molar-refractivity contribution in [3.63, 3.8) is 0 Å². The lowest BCUT2D eigenvalue weighted by atomic mass is 10.1. The zero-order chi connectivity index (χ0) is 22.2. The molecule has 160 valence electrons. The molecule has 2 heterocycles. The van der Waals surface area contributed by atoms with E-state index in [0.717, 1.165) is 23.4 Å². The maximum absolute atomic E-state index is 12.8. The number of hydrogen-bond donors (Lipinski definition) is 1. The van der Waals surface area contributed by atoms with E-state index < -0.39 is 11.7 Å². The monoisotopic (exact) mass is 466 g/mol. The average molecular weight is 467 g/mol. The van der Waals surface area contributed by atoms with Crippen molar-refractivity contribution in [2.24, 2.45) is 4.99 Å². The van der Waals surface area contributed by atoms with Gasteiger partial charge >= 0.3 is 12.2 Å². The predicted octanol–water partition coefficient (Wildman–Crippen LogP) is 6.43. The summed E-state index contributed by atoms with van der Waals surface area (Å²) in [6, 6.07) is 10.0. The van der Waals surface area contributed by atoms with Gasteiger partial charge in [0.15, 0.2) is 5.82 Å². The summed E-state index contributed by atoms with van der Waals surface area (Å²) in [4.78, 5) is 13.3. The summed E-state index contributed by atoms with van der Waals surface area (Å²) >= 11 is 12.5. The Morgan fingerprint density at radius 2 is 1.71 bits per heavy atom. The number of alkyl halides is 3. The quantitative estimate of drug-likeness (QED) is 0.470. The molecule has 0 bridgehead atoms. The lowest BCUT2D eigenvalue weighted by Gasteiger charge is -2.11. The number of benzene rings is 2. The molecular formula is C21H15Cl2F3N4O. The van der Waals surface area contributed by atoms with Crippen molar-refractivity contribution in [1.82, 2.24) is 9.97 Å². The van der Waals surface area contributed by atoms with Crippen LogP contribution in [0.3, 0.4) is 0 Å². The Morgan fingerprint density at radius 1 is 1.03 bits per heavy atom. The fourth-order valence-corrected chi connectivity index (χ4v) is 3.71. The number of ether oxygens (including phenoxy) is 1. The average Bonchev–Trinajstić information content (AvgIpc) is 3.13. The van der Waals surface area contributed by atoms with Crippen molar-refractivity contribution in [2.45, 2.75) is 19.0 Å². The van der Waals surface area contributed by atoms with Crippen molar-refractivity contribution in [2.75, 3.05) is 12.4 Å². The van der Waals surface area contributed by atoms with E-state index in [1.165, 1.54) is 19.2 Å². The third kappa shape index (κ3) is 4.60. The Kier molecular flexibility index (Phi) is 5.77. The summed E-state index contributed by atoms with van der Waals surface area (Å²) in [5.74, 6) is 0.335. The predicted molar refractivity (Wildman–Crippen MR) is 114 cm³/mol. The molecule has 1 aromatic heterocycles. The number of rotatable bonds is 5. The largest absolute Gasteiger partial charge is 0.467 e. The topological polar surface area (TPSA) is 59.4 Å². The summed E-state index contributed by atoms with van der Waals surface area (Å²) in [6.45, 7) is 0. The van der Waals surface area contributed by atoms with E-state index in [2.05, 4.69) is 20.3 Å². The van der Waals surface area contributed by atoms with Crippen LogP contribution in [0.25, 0.3) is 0 Å². The van der Waals surface area contributed by atoms with Gasteiger partial charge in [0.1, 0.15) is 5.69 Å². The summed E-state index contributed by atoms with van der Waals surface area (Å²) in [7, 11) is 1.43. The van der Waals surface area contributed by atoms with Gasteiger partial charge < -0.3 is 10.1 Å². The SMILES string of the molecule is COc1nc2c(c(Nc3ccc(C(F)(F)F)cc3)n1)N=C(Cc1c(Cl)cccc1Cl)C2. The molecule has 0 radical (unpaired) electrons. The lowest BCUT2D eigenvalue weighted by Crippen LogP contribution is -2.06. The summed E-state index contributed by atoms with van der Waals surface area (Å²) in [6.07, 6.45) is -3.54. The molecule has 5 nitrogen and oxygen atoms in total. The van der Waals surface area contributed by atoms with Crippen LogP contribution >= 0.6 is 23.2 Å². The molecule has 0 saturated carbocycles. The zero-order valence-electron chi connectivity index (χ0n) is 16.1. The Hall–Kier alpha value is -2.84. The van der Waals surface area contributed by atoms with Crippen molar-refractivity contribution >= 4 is 46.1 Å². The van der Waals surface area contributed by atoms with E-state index >= 15 is 0 Å². The van der Waals surface area contributed by atoms with E-state index in [1.54, 1.807) is 18.2 Å². The van der Waals surface area contributed by atoms with Gasteiger partial charge in [-0.15, -0.1) is 0 Å². The van der Waals surface area contributed by atoms with Crippen LogP contribution in [-0.4, -0.2) is 22.8 Å². The van der Waals surface area contributed by atoms with Crippen LogP contribution in [0.15, 0.2) is 47.5 Å². The van der Waals surface area contributed by atoms with Gasteiger partial charge in [-0.05, 0) is 42.0 Å². The van der Waals surface area contributed by atoms with E-state index in [9.17, 15) is 13.2 Å². The van der Waals surface area contributed by atoms with E-state index in [-0.39, 0.29) is 6.01 Å². The van der Waals surface area contributed by atoms with E-state index in [4.69, 9.17) is 27.9 Å². The second-order valence-corrected chi connectivity index (χ2v) is 7.60. The van der Waals surface area contributed by atoms with Crippen molar-refractivity contribution in [3.8, 4) is 6.01 Å². The molecular weight excluding hydrogens is 452 g/mol. The molecule has 0 atom stereocenters. The number of nitrogens with zero attached hydrogens (tertiary/aromatic N) is 3. The highest BCUT2D eigenvalue weighted by Crippen LogP contribution is 2.37. The molecule has 0 spiro atoms. The number of aromatic nitrogens is 2. The van der Waals surface area contributed by atoms with E-state index in [0.29, 0.717) is 45.8 Å². The number of aliphatic imine (C=N–C) groups is 1. The lowest BCUT2D eigenvalue weighted by molar-refractivity contribution is -0.137. The van der Waals surface area contributed by atoms with Gasteiger partial charge in [-0.3, -0.25) is 4.99 Å². The second-order valence-electron chi connectivity index (χ2n) is 6.79. The van der Waals surface area contributed by atoms with Gasteiger partial charge in [0.05, 0.1) is 18.4 Å². The molecule has 3 aromatic rings. The first-order valence-electron chi connectivity index (χ1n) is 9.13. The minimum Gasteiger partial charge on any atom is -0.467 e. The number of nitrogens with one attached hydrogen (secondary N) is 1. The Morgan fingerprint density at radius 3 is 2.32 bits per heavy atom. The van der Waals surface area contributed by atoms with Crippen molar-refractivity contribution in [1.29, 1.82) is 0 Å². The first-order valence-corrected chi connectivity index (χ1v) is 9.88. The standard InChI is InChI=1S/C21H15Cl2F3N4O/c1-31-20-29-17-10-13(9-14-15(22)3-2-4-16(14)23)27-18(17)19(30-20)28-12-7-5-11(6-8-12)21(24,25)26/h2-8H,9-10H2,1H3,(H,28,29,30). The van der Waals surface area contributed by atoms with Crippen LogP contribution in [0.4, 0.5) is 30.4 Å². The third-order valence-corrected chi connectivity index (χ3v) is 5.39. The third-order valence-electron chi connectivity index (χ3n) is 4.68. The number of fused-ring (bicyclic) bond motifs is 1. The van der Waals surface area contributed by atoms with Crippen molar-refractivity contribution < 1.29 is 17.9 Å². The van der Waals surface area contributed by atoms with Crippen LogP contribution in [0.1, 0.15) is 16.8 Å². The smallest absolute Gasteiger partial charge is 0.416 e. The zero-order valence-corrected chi connectivity index (χ0v) is 17.6. The maximum atomic E-state index is 12.8. The van der Waals surface area contributed by atoms with Gasteiger partial charge in [0.25, 0.3) is 0 Å². The maximum Gasteiger partial charge on any atom is 0.416 e. The summed E-state index contributed by atoms with van der Waals surface area (Å²) in [5.41, 5.74) is 2.37. The fraction of sp³-hybridized carbons (Fsp3) is 0.190. The number of halogens is 5. The molecule has 0 aliphatic carbocycles. The fourth-order valence-electron chi connectivity index (χ4n) is 3.18. The minimum absolute atomic E-state index is 0.125. The Labute approximate surface area is 185 Å². The summed E-state index contributed by atoms with van der Waals surface area (Å²) < 4.78 is 43.6.